The predicted octanol–water partition coefficient (Wildman–Crippen LogP) is 1.54. The zero-order chi connectivity index (χ0) is 17.6. The number of nitrogens with one attached hydrogen (secondary N) is 1. The molecule has 1 aromatic heterocycles. The van der Waals surface area contributed by atoms with Gasteiger partial charge in [-0.3, -0.25) is 4.79 Å². The molecular formula is C16H19FN2O4S. The maximum Gasteiger partial charge on any atom is 0.224 e. The van der Waals surface area contributed by atoms with Crippen molar-refractivity contribution in [1.29, 1.82) is 0 Å². The standard InChI is InChI=1S/C16H19FN2O4S/c1-24(21,22)19(12-14-6-4-10-23-14)9-8-18-16(20)11-13-5-2-3-7-15(13)17/h2-7,10H,8-9,11-12H2,1H3,(H,18,20). The quantitative estimate of drug-likeness (QED) is 0.780. The highest BCUT2D eigenvalue weighted by Crippen LogP contribution is 2.09. The van der Waals surface area contributed by atoms with E-state index in [1.54, 1.807) is 24.3 Å². The number of halogens is 1. The lowest BCUT2D eigenvalue weighted by Gasteiger charge is -2.19. The number of sulfonamides is 1. The topological polar surface area (TPSA) is 79.6 Å². The molecule has 0 aliphatic carbocycles. The van der Waals surface area contributed by atoms with Crippen LogP contribution in [0.3, 0.4) is 0 Å². The van der Waals surface area contributed by atoms with Gasteiger partial charge in [0.15, 0.2) is 0 Å². The number of amides is 1. The van der Waals surface area contributed by atoms with Crippen LogP contribution in [0, 0.1) is 5.82 Å². The number of carbonyl (C=O) groups is 1. The molecule has 0 radical (unpaired) electrons. The Morgan fingerprint density at radius 2 is 2.00 bits per heavy atom. The Labute approximate surface area is 140 Å². The van der Waals surface area contributed by atoms with Crippen molar-refractivity contribution >= 4 is 15.9 Å². The maximum atomic E-state index is 13.5. The summed E-state index contributed by atoms with van der Waals surface area (Å²) in [6, 6.07) is 9.38. The lowest BCUT2D eigenvalue weighted by Crippen LogP contribution is -2.38. The van der Waals surface area contributed by atoms with E-state index in [2.05, 4.69) is 5.32 Å². The molecule has 0 spiro atoms. The average Bonchev–Trinajstić information content (AvgIpc) is 3.01. The number of rotatable bonds is 8. The fraction of sp³-hybridized carbons (Fsp3) is 0.312. The first-order valence-corrected chi connectivity index (χ1v) is 9.18. The lowest BCUT2D eigenvalue weighted by molar-refractivity contribution is -0.120. The van der Waals surface area contributed by atoms with Gasteiger partial charge in [0, 0.05) is 13.1 Å². The maximum absolute atomic E-state index is 13.5. The van der Waals surface area contributed by atoms with Gasteiger partial charge < -0.3 is 9.73 Å². The van der Waals surface area contributed by atoms with Crippen LogP contribution in [0.15, 0.2) is 47.1 Å². The SMILES string of the molecule is CS(=O)(=O)N(CCNC(=O)Cc1ccccc1F)Cc1ccco1. The van der Waals surface area contributed by atoms with Gasteiger partial charge in [-0.15, -0.1) is 0 Å². The van der Waals surface area contributed by atoms with Crippen LogP contribution in [0.1, 0.15) is 11.3 Å². The number of nitrogens with zero attached hydrogens (tertiary/aromatic N) is 1. The van der Waals surface area contributed by atoms with Gasteiger partial charge in [-0.2, -0.15) is 4.31 Å². The Hall–Kier alpha value is -2.19. The zero-order valence-corrected chi connectivity index (χ0v) is 14.1. The molecule has 0 bridgehead atoms. The summed E-state index contributed by atoms with van der Waals surface area (Å²) in [5.74, 6) is -0.298. The minimum absolute atomic E-state index is 0.0923. The molecule has 0 saturated heterocycles. The molecular weight excluding hydrogens is 335 g/mol. The van der Waals surface area contributed by atoms with Gasteiger partial charge in [-0.1, -0.05) is 18.2 Å². The van der Waals surface area contributed by atoms with Crippen molar-refractivity contribution in [3.8, 4) is 0 Å². The monoisotopic (exact) mass is 354 g/mol. The van der Waals surface area contributed by atoms with Gasteiger partial charge in [-0.05, 0) is 23.8 Å². The van der Waals surface area contributed by atoms with Gasteiger partial charge >= 0.3 is 0 Å². The number of hydrogen-bond acceptors (Lipinski definition) is 4. The molecule has 1 heterocycles. The van der Waals surface area contributed by atoms with Gasteiger partial charge in [0.05, 0.1) is 25.5 Å². The molecule has 8 heteroatoms. The van der Waals surface area contributed by atoms with Crippen molar-refractivity contribution in [3.63, 3.8) is 0 Å². The molecule has 0 aliphatic rings. The average molecular weight is 354 g/mol. The van der Waals surface area contributed by atoms with E-state index in [-0.39, 0.29) is 32.0 Å². The van der Waals surface area contributed by atoms with Crippen LogP contribution in [0.5, 0.6) is 0 Å². The van der Waals surface area contributed by atoms with Crippen LogP contribution >= 0.6 is 0 Å². The molecule has 1 aromatic carbocycles. The first kappa shape index (κ1) is 18.2. The van der Waals surface area contributed by atoms with Crippen LogP contribution in [0.2, 0.25) is 0 Å². The van der Waals surface area contributed by atoms with Crippen LogP contribution in [0.4, 0.5) is 4.39 Å². The Morgan fingerprint density at radius 1 is 1.25 bits per heavy atom. The summed E-state index contributed by atoms with van der Waals surface area (Å²) < 4.78 is 43.4. The van der Waals surface area contributed by atoms with Crippen LogP contribution in [-0.4, -0.2) is 38.0 Å². The third-order valence-electron chi connectivity index (χ3n) is 3.37. The van der Waals surface area contributed by atoms with Crippen molar-refractivity contribution in [1.82, 2.24) is 9.62 Å². The highest BCUT2D eigenvalue weighted by molar-refractivity contribution is 7.88. The van der Waals surface area contributed by atoms with Crippen molar-refractivity contribution < 1.29 is 22.0 Å². The molecule has 0 aliphatic heterocycles. The van der Waals surface area contributed by atoms with E-state index in [0.717, 1.165) is 6.26 Å². The van der Waals surface area contributed by atoms with Crippen molar-refractivity contribution in [2.45, 2.75) is 13.0 Å². The largest absolute Gasteiger partial charge is 0.468 e. The Morgan fingerprint density at radius 3 is 2.62 bits per heavy atom. The second-order valence-electron chi connectivity index (χ2n) is 5.29. The molecule has 0 saturated carbocycles. The minimum Gasteiger partial charge on any atom is -0.468 e. The molecule has 2 aromatic rings. The van der Waals surface area contributed by atoms with E-state index in [0.29, 0.717) is 11.3 Å². The molecule has 0 fully saturated rings. The van der Waals surface area contributed by atoms with E-state index < -0.39 is 15.8 Å². The molecule has 1 amide bonds. The first-order chi connectivity index (χ1) is 11.4. The van der Waals surface area contributed by atoms with Crippen molar-refractivity contribution in [3.05, 3.63) is 59.8 Å². The van der Waals surface area contributed by atoms with Crippen LogP contribution < -0.4 is 5.32 Å². The number of hydrogen-bond donors (Lipinski definition) is 1. The first-order valence-electron chi connectivity index (χ1n) is 7.34. The molecule has 24 heavy (non-hydrogen) atoms. The van der Waals surface area contributed by atoms with E-state index in [9.17, 15) is 17.6 Å². The number of carbonyl (C=O) groups excluding carboxylic acids is 1. The summed E-state index contributed by atoms with van der Waals surface area (Å²) in [6.45, 7) is 0.318. The van der Waals surface area contributed by atoms with Crippen molar-refractivity contribution in [2.75, 3.05) is 19.3 Å². The van der Waals surface area contributed by atoms with Gasteiger partial charge in [0.2, 0.25) is 15.9 Å². The summed E-state index contributed by atoms with van der Waals surface area (Å²) in [7, 11) is -3.44. The predicted molar refractivity (Wildman–Crippen MR) is 87.1 cm³/mol. The van der Waals surface area contributed by atoms with Gasteiger partial charge in [-0.25, -0.2) is 12.8 Å². The van der Waals surface area contributed by atoms with E-state index in [1.807, 2.05) is 0 Å². The highest BCUT2D eigenvalue weighted by Gasteiger charge is 2.18. The van der Waals surface area contributed by atoms with Gasteiger partial charge in [0.25, 0.3) is 0 Å². The fourth-order valence-electron chi connectivity index (χ4n) is 2.14. The van der Waals surface area contributed by atoms with Gasteiger partial charge in [0.1, 0.15) is 11.6 Å². The smallest absolute Gasteiger partial charge is 0.224 e. The third-order valence-corrected chi connectivity index (χ3v) is 4.62. The van der Waals surface area contributed by atoms with E-state index in [4.69, 9.17) is 4.42 Å². The molecule has 0 unspecified atom stereocenters. The van der Waals surface area contributed by atoms with E-state index in [1.165, 1.54) is 22.7 Å². The highest BCUT2D eigenvalue weighted by atomic mass is 32.2. The fourth-order valence-corrected chi connectivity index (χ4v) is 2.92. The third kappa shape index (κ3) is 5.47. The minimum atomic E-state index is -3.44. The van der Waals surface area contributed by atoms with Crippen LogP contribution in [0.25, 0.3) is 0 Å². The summed E-state index contributed by atoms with van der Waals surface area (Å²) in [4.78, 5) is 11.8. The molecule has 0 atom stereocenters. The molecule has 6 nitrogen and oxygen atoms in total. The van der Waals surface area contributed by atoms with Crippen molar-refractivity contribution in [2.24, 2.45) is 0 Å². The summed E-state index contributed by atoms with van der Waals surface area (Å²) >= 11 is 0. The molecule has 130 valence electrons. The second kappa shape index (κ2) is 8.07. The molecule has 1 N–H and O–H groups in total. The van der Waals surface area contributed by atoms with Crippen LogP contribution in [-0.2, 0) is 27.8 Å². The summed E-state index contributed by atoms with van der Waals surface area (Å²) in [5, 5.41) is 2.60. The summed E-state index contributed by atoms with van der Waals surface area (Å²) in [5.41, 5.74) is 0.297. The van der Waals surface area contributed by atoms with E-state index >= 15 is 0 Å². The zero-order valence-electron chi connectivity index (χ0n) is 13.2. The number of furan rings is 1. The number of benzene rings is 1. The Kier molecular flexibility index (Phi) is 6.10. The Bertz CT molecular complexity index is 775. The Balaban J connectivity index is 1.86. The second-order valence-corrected chi connectivity index (χ2v) is 7.28. The lowest BCUT2D eigenvalue weighted by atomic mass is 10.1. The normalized spacial score (nSPS) is 11.6. The summed E-state index contributed by atoms with van der Waals surface area (Å²) in [6.07, 6.45) is 2.47. The molecule has 2 rings (SSSR count).